The molecule has 0 aromatic heterocycles. The monoisotopic (exact) mass is 304 g/mol. The summed E-state index contributed by atoms with van der Waals surface area (Å²) in [6, 6.07) is 25.7. The number of likely N-dealkylation sites (N-methyl/N-ethyl adjacent to an activating group) is 1. The molecule has 0 N–H and O–H groups in total. The van der Waals surface area contributed by atoms with Crippen molar-refractivity contribution in [3.8, 4) is 5.75 Å². The van der Waals surface area contributed by atoms with Gasteiger partial charge in [-0.1, -0.05) is 60.7 Å². The van der Waals surface area contributed by atoms with Gasteiger partial charge in [0.15, 0.2) is 6.73 Å². The molecule has 1 aliphatic heterocycles. The summed E-state index contributed by atoms with van der Waals surface area (Å²) in [5.41, 5.74) is 1.36. The van der Waals surface area contributed by atoms with Crippen LogP contribution in [0.3, 0.4) is 0 Å². The van der Waals surface area contributed by atoms with Crippen molar-refractivity contribution >= 4 is 10.8 Å². The molecule has 1 unspecified atom stereocenters. The van der Waals surface area contributed by atoms with Crippen molar-refractivity contribution in [3.05, 3.63) is 78.4 Å². The second kappa shape index (κ2) is 6.03. The molecule has 3 heteroatoms. The van der Waals surface area contributed by atoms with E-state index in [4.69, 9.17) is 4.74 Å². The first-order valence-corrected chi connectivity index (χ1v) is 7.95. The molecule has 0 amide bonds. The van der Waals surface area contributed by atoms with Crippen LogP contribution in [0.5, 0.6) is 5.75 Å². The minimum absolute atomic E-state index is 0.455. The summed E-state index contributed by atoms with van der Waals surface area (Å²) in [5, 5.41) is 6.91. The van der Waals surface area contributed by atoms with E-state index in [1.807, 2.05) is 6.07 Å². The lowest BCUT2D eigenvalue weighted by Gasteiger charge is -2.48. The third-order valence-electron chi connectivity index (χ3n) is 4.57. The van der Waals surface area contributed by atoms with Crippen LogP contribution < -0.4 is 4.74 Å². The van der Waals surface area contributed by atoms with Gasteiger partial charge in [0.05, 0.1) is 6.04 Å². The van der Waals surface area contributed by atoms with Crippen molar-refractivity contribution in [2.45, 2.75) is 6.04 Å². The zero-order chi connectivity index (χ0) is 15.6. The average molecular weight is 304 g/mol. The highest BCUT2D eigenvalue weighted by atomic mass is 16.5. The molecule has 0 radical (unpaired) electrons. The van der Waals surface area contributed by atoms with Gasteiger partial charge >= 0.3 is 0 Å². The van der Waals surface area contributed by atoms with Gasteiger partial charge in [0, 0.05) is 13.6 Å². The maximum absolute atomic E-state index is 5.96. The highest BCUT2D eigenvalue weighted by molar-refractivity contribution is 5.83. The van der Waals surface area contributed by atoms with Gasteiger partial charge in [0.1, 0.15) is 5.75 Å². The summed E-state index contributed by atoms with van der Waals surface area (Å²) in [7, 11) is 2.12. The Bertz CT molecular complexity index is 803. The van der Waals surface area contributed by atoms with E-state index in [1.54, 1.807) is 0 Å². The molecule has 1 saturated heterocycles. The van der Waals surface area contributed by atoms with Gasteiger partial charge in [-0.05, 0) is 28.5 Å². The minimum Gasteiger partial charge on any atom is -0.477 e. The van der Waals surface area contributed by atoms with Crippen LogP contribution in [0.4, 0.5) is 0 Å². The number of hydrogen-bond acceptors (Lipinski definition) is 3. The normalized spacial score (nSPS) is 18.7. The SMILES string of the molecule is CN1C(c2ccccc2)CN1COc1ccc2ccccc2c1. The highest BCUT2D eigenvalue weighted by Gasteiger charge is 2.34. The maximum Gasteiger partial charge on any atom is 0.154 e. The van der Waals surface area contributed by atoms with Crippen molar-refractivity contribution in [3.63, 3.8) is 0 Å². The third-order valence-corrected chi connectivity index (χ3v) is 4.57. The zero-order valence-corrected chi connectivity index (χ0v) is 13.2. The average Bonchev–Trinajstić information content (AvgIpc) is 2.61. The van der Waals surface area contributed by atoms with Crippen molar-refractivity contribution in [1.29, 1.82) is 0 Å². The van der Waals surface area contributed by atoms with Crippen LogP contribution in [0, 0.1) is 0 Å². The molecular weight excluding hydrogens is 284 g/mol. The first-order valence-electron chi connectivity index (χ1n) is 7.95. The fraction of sp³-hybridized carbons (Fsp3) is 0.200. The van der Waals surface area contributed by atoms with E-state index in [9.17, 15) is 0 Å². The van der Waals surface area contributed by atoms with Gasteiger partial charge in [0.2, 0.25) is 0 Å². The quantitative estimate of drug-likeness (QED) is 0.722. The molecule has 1 fully saturated rings. The first-order chi connectivity index (χ1) is 11.3. The second-order valence-corrected chi connectivity index (χ2v) is 5.97. The Morgan fingerprint density at radius 2 is 1.65 bits per heavy atom. The predicted octanol–water partition coefficient (Wildman–Crippen LogP) is 4.08. The molecule has 3 nitrogen and oxygen atoms in total. The van der Waals surface area contributed by atoms with E-state index in [2.05, 4.69) is 83.8 Å². The summed E-state index contributed by atoms with van der Waals surface area (Å²) in [6.07, 6.45) is 0. The molecule has 0 aliphatic carbocycles. The molecule has 1 atom stereocenters. The fourth-order valence-corrected chi connectivity index (χ4v) is 3.09. The Balaban J connectivity index is 1.38. The second-order valence-electron chi connectivity index (χ2n) is 5.97. The van der Waals surface area contributed by atoms with Crippen molar-refractivity contribution < 1.29 is 4.74 Å². The standard InChI is InChI=1S/C20H20N2O/c1-21-20(17-8-3-2-4-9-17)14-22(21)15-23-19-12-11-16-7-5-6-10-18(16)13-19/h2-13,20H,14-15H2,1H3. The maximum atomic E-state index is 5.96. The zero-order valence-electron chi connectivity index (χ0n) is 13.2. The molecule has 116 valence electrons. The van der Waals surface area contributed by atoms with Gasteiger partial charge in [-0.25, -0.2) is 10.0 Å². The first kappa shape index (κ1) is 14.2. The van der Waals surface area contributed by atoms with Crippen LogP contribution in [-0.2, 0) is 0 Å². The van der Waals surface area contributed by atoms with Gasteiger partial charge in [-0.2, -0.15) is 0 Å². The highest BCUT2D eigenvalue weighted by Crippen LogP contribution is 2.31. The number of fused-ring (bicyclic) bond motifs is 1. The number of hydrazine groups is 1. The molecule has 3 aromatic carbocycles. The smallest absolute Gasteiger partial charge is 0.154 e. The van der Waals surface area contributed by atoms with Gasteiger partial charge in [0.25, 0.3) is 0 Å². The van der Waals surface area contributed by atoms with Crippen molar-refractivity contribution in [2.75, 3.05) is 20.3 Å². The number of rotatable bonds is 4. The van der Waals surface area contributed by atoms with Crippen LogP contribution in [0.1, 0.15) is 11.6 Å². The summed E-state index contributed by atoms with van der Waals surface area (Å²) in [6.45, 7) is 1.58. The van der Waals surface area contributed by atoms with Crippen LogP contribution in [0.15, 0.2) is 72.8 Å². The summed E-state index contributed by atoms with van der Waals surface area (Å²) >= 11 is 0. The van der Waals surface area contributed by atoms with E-state index < -0.39 is 0 Å². The van der Waals surface area contributed by atoms with Gasteiger partial charge in [-0.15, -0.1) is 0 Å². The lowest BCUT2D eigenvalue weighted by molar-refractivity contribution is -0.176. The number of ether oxygens (including phenoxy) is 1. The lowest BCUT2D eigenvalue weighted by atomic mass is 10.0. The van der Waals surface area contributed by atoms with E-state index in [0.717, 1.165) is 12.3 Å². The van der Waals surface area contributed by atoms with Crippen molar-refractivity contribution in [2.24, 2.45) is 0 Å². The third kappa shape index (κ3) is 2.81. The summed E-state index contributed by atoms with van der Waals surface area (Å²) < 4.78 is 5.96. The Morgan fingerprint density at radius 3 is 2.43 bits per heavy atom. The number of nitrogens with zero attached hydrogens (tertiary/aromatic N) is 2. The van der Waals surface area contributed by atoms with E-state index in [1.165, 1.54) is 16.3 Å². The Labute approximate surface area is 136 Å². The van der Waals surface area contributed by atoms with Gasteiger partial charge in [-0.3, -0.25) is 0 Å². The Hall–Kier alpha value is -2.36. The Kier molecular flexibility index (Phi) is 3.74. The predicted molar refractivity (Wildman–Crippen MR) is 93.1 cm³/mol. The lowest BCUT2D eigenvalue weighted by Crippen LogP contribution is -2.57. The molecule has 1 heterocycles. The molecule has 0 saturated carbocycles. The van der Waals surface area contributed by atoms with E-state index in [-0.39, 0.29) is 0 Å². The molecule has 1 aliphatic rings. The minimum atomic E-state index is 0.455. The van der Waals surface area contributed by atoms with Crippen molar-refractivity contribution in [1.82, 2.24) is 10.0 Å². The van der Waals surface area contributed by atoms with Crippen LogP contribution >= 0.6 is 0 Å². The molecular formula is C20H20N2O. The van der Waals surface area contributed by atoms with Gasteiger partial charge < -0.3 is 4.74 Å². The molecule has 0 bridgehead atoms. The molecule has 3 aromatic rings. The van der Waals surface area contributed by atoms with Crippen LogP contribution in [0.2, 0.25) is 0 Å². The molecule has 23 heavy (non-hydrogen) atoms. The number of hydrogen-bond donors (Lipinski definition) is 0. The van der Waals surface area contributed by atoms with E-state index >= 15 is 0 Å². The summed E-state index contributed by atoms with van der Waals surface area (Å²) in [5.74, 6) is 0.917. The largest absolute Gasteiger partial charge is 0.477 e. The molecule has 0 spiro atoms. The molecule has 4 rings (SSSR count). The van der Waals surface area contributed by atoms with Crippen LogP contribution in [-0.4, -0.2) is 30.3 Å². The van der Waals surface area contributed by atoms with E-state index in [0.29, 0.717) is 12.8 Å². The Morgan fingerprint density at radius 1 is 0.913 bits per heavy atom. The number of benzene rings is 3. The van der Waals surface area contributed by atoms with Crippen LogP contribution in [0.25, 0.3) is 10.8 Å². The topological polar surface area (TPSA) is 15.7 Å². The summed E-state index contributed by atoms with van der Waals surface area (Å²) in [4.78, 5) is 0. The fourth-order valence-electron chi connectivity index (χ4n) is 3.09.